The van der Waals surface area contributed by atoms with Crippen LogP contribution in [0.3, 0.4) is 0 Å². The van der Waals surface area contributed by atoms with Gasteiger partial charge in [0.1, 0.15) is 0 Å². The molecule has 7 heteroatoms. The number of rotatable bonds is 1. The number of hydrogen-bond donors (Lipinski definition) is 2. The normalized spacial score (nSPS) is 7.11. The van der Waals surface area contributed by atoms with Crippen LogP contribution < -0.4 is 5.73 Å². The quantitative estimate of drug-likeness (QED) is 0.675. The zero-order chi connectivity index (χ0) is 7.86. The van der Waals surface area contributed by atoms with Crippen molar-refractivity contribution < 1.29 is 9.90 Å². The summed E-state index contributed by atoms with van der Waals surface area (Å²) in [5, 5.41) is 7.60. The molecule has 0 unspecified atom stereocenters. The molecule has 0 bridgehead atoms. The molecule has 3 N–H and O–H groups in total. The second-order valence-corrected chi connectivity index (χ2v) is 12.2. The van der Waals surface area contributed by atoms with Crippen molar-refractivity contribution in [2.24, 2.45) is 5.73 Å². The second kappa shape index (κ2) is 8.94. The molecule has 0 aromatic carbocycles. The number of carboxylic acids is 1. The van der Waals surface area contributed by atoms with Crippen molar-refractivity contribution in [1.29, 1.82) is 0 Å². The second-order valence-electron chi connectivity index (χ2n) is 0.845. The van der Waals surface area contributed by atoms with Gasteiger partial charge in [-0.3, -0.25) is 4.79 Å². The van der Waals surface area contributed by atoms with Gasteiger partial charge in [-0.1, -0.05) is 0 Å². The van der Waals surface area contributed by atoms with Gasteiger partial charge in [0, 0.05) is 0 Å². The van der Waals surface area contributed by atoms with E-state index in [2.05, 4.69) is 5.73 Å². The van der Waals surface area contributed by atoms with Crippen LogP contribution >= 0.6 is 28.9 Å². The average molecular weight is 251 g/mol. The van der Waals surface area contributed by atoms with Crippen LogP contribution in [0.4, 0.5) is 0 Å². The van der Waals surface area contributed by atoms with Crippen LogP contribution in [0.2, 0.25) is 0 Å². The number of hydrogen-bond acceptors (Lipinski definition) is 2. The van der Waals surface area contributed by atoms with Crippen molar-refractivity contribution in [1.82, 2.24) is 0 Å². The molecule has 54 valence electrons. The molecule has 3 nitrogen and oxygen atoms in total. The number of halogens is 3. The molecule has 0 spiro atoms. The first-order valence-corrected chi connectivity index (χ1v) is 11.4. The Balaban J connectivity index is 0. The molecule has 0 fully saturated rings. The minimum atomic E-state index is -2.06. The molecule has 0 saturated carbocycles. The van der Waals surface area contributed by atoms with Crippen molar-refractivity contribution in [2.45, 2.75) is 0 Å². The van der Waals surface area contributed by atoms with E-state index in [-0.39, 0.29) is 6.54 Å². The molecule has 0 saturated heterocycles. The van der Waals surface area contributed by atoms with Gasteiger partial charge in [0.05, 0.1) is 6.54 Å². The summed E-state index contributed by atoms with van der Waals surface area (Å²) in [5.41, 5.74) is 4.57. The molecule has 0 aliphatic heterocycles. The summed E-state index contributed by atoms with van der Waals surface area (Å²) in [6, 6.07) is 0. The standard InChI is InChI=1S/C2H5NO2.3ClH.Ga/c3-1-2(4)5;;;;/h1,3H2,(H,4,5);3*1H;/q;;;;+3/p-3. The van der Waals surface area contributed by atoms with Crippen LogP contribution in [0, 0.1) is 0 Å². The van der Waals surface area contributed by atoms with Crippen LogP contribution in [-0.2, 0) is 4.79 Å². The molecule has 0 aromatic rings. The maximum absolute atomic E-state index is 9.24. The Bertz CT molecular complexity index is 77.5. The summed E-state index contributed by atoms with van der Waals surface area (Å²) in [6.07, 6.45) is 0. The van der Waals surface area contributed by atoms with Crippen LogP contribution in [-0.4, -0.2) is 30.8 Å². The van der Waals surface area contributed by atoms with Crippen molar-refractivity contribution >= 4 is 48.1 Å². The Morgan fingerprint density at radius 3 is 1.67 bits per heavy atom. The van der Waals surface area contributed by atoms with E-state index in [4.69, 9.17) is 34.0 Å². The third-order valence-electron chi connectivity index (χ3n) is 0.175. The van der Waals surface area contributed by atoms with E-state index in [0.29, 0.717) is 0 Å². The number of carbonyl (C=O) groups is 1. The maximum atomic E-state index is 9.24. The predicted molar refractivity (Wildman–Crippen MR) is 40.0 cm³/mol. The molecule has 0 aromatic heterocycles. The van der Waals surface area contributed by atoms with Gasteiger partial charge in [0.25, 0.3) is 0 Å². The van der Waals surface area contributed by atoms with Crippen LogP contribution in [0.25, 0.3) is 0 Å². The van der Waals surface area contributed by atoms with E-state index in [1.165, 1.54) is 0 Å². The van der Waals surface area contributed by atoms with E-state index >= 15 is 0 Å². The molecular formula is C2H5Cl3GaNO2. The SMILES string of the molecule is NCC(=O)O.[Cl][Ga]([Cl])[Cl]. The first-order chi connectivity index (χ1) is 4.00. The first kappa shape index (κ1) is 12.6. The van der Waals surface area contributed by atoms with Crippen molar-refractivity contribution in [3.05, 3.63) is 0 Å². The molecular weight excluding hydrogens is 246 g/mol. The molecule has 0 aliphatic rings. The number of aliphatic carboxylic acids is 1. The topological polar surface area (TPSA) is 63.3 Å². The molecule has 0 heterocycles. The molecule has 0 amide bonds. The number of carboxylic acid groups (broad SMARTS) is 1. The predicted octanol–water partition coefficient (Wildman–Crippen LogP) is 0.717. The Hall–Kier alpha value is 0.936. The van der Waals surface area contributed by atoms with Crippen LogP contribution in [0.15, 0.2) is 0 Å². The van der Waals surface area contributed by atoms with Gasteiger partial charge in [-0.25, -0.2) is 0 Å². The molecule has 0 radical (unpaired) electrons. The summed E-state index contributed by atoms with van der Waals surface area (Å²) < 4.78 is 0. The van der Waals surface area contributed by atoms with E-state index < -0.39 is 19.2 Å². The Kier molecular flexibility index (Phi) is 12.5. The molecule has 0 rings (SSSR count). The Labute approximate surface area is 70.2 Å². The Morgan fingerprint density at radius 2 is 1.67 bits per heavy atom. The Morgan fingerprint density at radius 1 is 1.56 bits per heavy atom. The fourth-order valence-electron chi connectivity index (χ4n) is 0. The zero-order valence-corrected chi connectivity index (χ0v) is 9.04. The van der Waals surface area contributed by atoms with Crippen molar-refractivity contribution in [3.8, 4) is 0 Å². The van der Waals surface area contributed by atoms with Gasteiger partial charge >= 0.3 is 48.1 Å². The zero-order valence-electron chi connectivity index (χ0n) is 4.35. The van der Waals surface area contributed by atoms with Gasteiger partial charge in [0.15, 0.2) is 0 Å². The van der Waals surface area contributed by atoms with Crippen LogP contribution in [0.5, 0.6) is 0 Å². The van der Waals surface area contributed by atoms with Gasteiger partial charge < -0.3 is 10.8 Å². The summed E-state index contributed by atoms with van der Waals surface area (Å²) in [6.45, 7) is -0.278. The monoisotopic (exact) mass is 249 g/mol. The van der Waals surface area contributed by atoms with E-state index in [1.807, 2.05) is 0 Å². The minimum absolute atomic E-state index is 0.278. The van der Waals surface area contributed by atoms with E-state index in [0.717, 1.165) is 0 Å². The van der Waals surface area contributed by atoms with Crippen molar-refractivity contribution in [3.63, 3.8) is 0 Å². The fourth-order valence-corrected chi connectivity index (χ4v) is 0. The summed E-state index contributed by atoms with van der Waals surface area (Å²) in [7, 11) is 15.0. The molecule has 9 heavy (non-hydrogen) atoms. The average Bonchev–Trinajstić information content (AvgIpc) is 1.65. The third kappa shape index (κ3) is 49.9. The van der Waals surface area contributed by atoms with Gasteiger partial charge in [0.2, 0.25) is 0 Å². The van der Waals surface area contributed by atoms with Crippen molar-refractivity contribution in [2.75, 3.05) is 6.54 Å². The fraction of sp³-hybridized carbons (Fsp3) is 0.500. The molecule has 0 aliphatic carbocycles. The first-order valence-electron chi connectivity index (χ1n) is 1.84. The third-order valence-corrected chi connectivity index (χ3v) is 0.175. The number of nitrogens with two attached hydrogens (primary N) is 1. The van der Waals surface area contributed by atoms with Crippen LogP contribution in [0.1, 0.15) is 0 Å². The van der Waals surface area contributed by atoms with Gasteiger partial charge in [-0.05, 0) is 0 Å². The van der Waals surface area contributed by atoms with Gasteiger partial charge in [-0.2, -0.15) is 0 Å². The van der Waals surface area contributed by atoms with E-state index in [9.17, 15) is 4.79 Å². The summed E-state index contributed by atoms with van der Waals surface area (Å²) in [4.78, 5) is 9.24. The van der Waals surface area contributed by atoms with E-state index in [1.54, 1.807) is 0 Å². The summed E-state index contributed by atoms with van der Waals surface area (Å²) in [5.74, 6) is -0.968. The van der Waals surface area contributed by atoms with Gasteiger partial charge in [-0.15, -0.1) is 0 Å². The summed E-state index contributed by atoms with van der Waals surface area (Å²) >= 11 is -2.06. The molecule has 0 atom stereocenters.